The zero-order chi connectivity index (χ0) is 7.90. The van der Waals surface area contributed by atoms with Gasteiger partial charge in [-0.2, -0.15) is 0 Å². The minimum Gasteiger partial charge on any atom is -0.477 e. The Labute approximate surface area is 62.6 Å². The van der Waals surface area contributed by atoms with E-state index in [1.54, 1.807) is 0 Å². The van der Waals surface area contributed by atoms with Gasteiger partial charge in [-0.05, 0) is 0 Å². The first-order valence-electron chi connectivity index (χ1n) is 3.28. The van der Waals surface area contributed by atoms with E-state index in [9.17, 15) is 4.79 Å². The second kappa shape index (κ2) is 1.94. The van der Waals surface area contributed by atoms with Crippen LogP contribution >= 0.6 is 0 Å². The van der Waals surface area contributed by atoms with Crippen molar-refractivity contribution in [2.24, 2.45) is 5.16 Å². The summed E-state index contributed by atoms with van der Waals surface area (Å²) in [4.78, 5) is 15.3. The number of nitrogens with zero attached hydrogens (tertiary/aromatic N) is 1. The van der Waals surface area contributed by atoms with Crippen LogP contribution in [0.2, 0.25) is 0 Å². The highest BCUT2D eigenvalue weighted by Gasteiger charge is 2.48. The van der Waals surface area contributed by atoms with Gasteiger partial charge in [0.15, 0.2) is 11.3 Å². The fraction of sp³-hybridized carbons (Fsp3) is 0.667. The molecule has 0 atom stereocenters. The Hall–Kier alpha value is -1.10. The van der Waals surface area contributed by atoms with Crippen molar-refractivity contribution >= 4 is 11.7 Å². The van der Waals surface area contributed by atoms with Crippen LogP contribution in [-0.2, 0) is 14.4 Å². The van der Waals surface area contributed by atoms with Crippen molar-refractivity contribution in [2.75, 3.05) is 13.2 Å². The number of aliphatic carboxylic acids is 1. The van der Waals surface area contributed by atoms with Crippen LogP contribution < -0.4 is 0 Å². The van der Waals surface area contributed by atoms with Crippen molar-refractivity contribution in [3.05, 3.63) is 0 Å². The van der Waals surface area contributed by atoms with Crippen molar-refractivity contribution < 1.29 is 19.5 Å². The lowest BCUT2D eigenvalue weighted by Gasteiger charge is -2.34. The van der Waals surface area contributed by atoms with Crippen LogP contribution in [0.15, 0.2) is 5.16 Å². The molecule has 2 aliphatic rings. The molecule has 2 rings (SSSR count). The van der Waals surface area contributed by atoms with E-state index < -0.39 is 11.6 Å². The number of hydrogen-bond donors (Lipinski definition) is 1. The molecule has 5 nitrogen and oxygen atoms in total. The van der Waals surface area contributed by atoms with Crippen LogP contribution in [-0.4, -0.2) is 35.6 Å². The molecule has 0 aromatic carbocycles. The summed E-state index contributed by atoms with van der Waals surface area (Å²) in [6, 6.07) is 0. The molecule has 0 aromatic heterocycles. The summed E-state index contributed by atoms with van der Waals surface area (Å²) < 4.78 is 4.90. The lowest BCUT2D eigenvalue weighted by molar-refractivity contribution is -0.194. The zero-order valence-corrected chi connectivity index (χ0v) is 5.74. The van der Waals surface area contributed by atoms with Crippen LogP contribution in [0.5, 0.6) is 0 Å². The van der Waals surface area contributed by atoms with Gasteiger partial charge in [0.1, 0.15) is 0 Å². The van der Waals surface area contributed by atoms with E-state index >= 15 is 0 Å². The van der Waals surface area contributed by atoms with Crippen LogP contribution in [0.1, 0.15) is 6.42 Å². The monoisotopic (exact) mass is 157 g/mol. The van der Waals surface area contributed by atoms with Gasteiger partial charge < -0.3 is 14.7 Å². The van der Waals surface area contributed by atoms with Gasteiger partial charge in [0.05, 0.1) is 13.2 Å². The Morgan fingerprint density at radius 1 is 1.64 bits per heavy atom. The second-order valence-corrected chi connectivity index (χ2v) is 2.79. The summed E-state index contributed by atoms with van der Waals surface area (Å²) in [6.07, 6.45) is 0.363. The molecule has 1 saturated heterocycles. The molecule has 0 radical (unpaired) electrons. The number of rotatable bonds is 1. The zero-order valence-electron chi connectivity index (χ0n) is 5.74. The van der Waals surface area contributed by atoms with Crippen molar-refractivity contribution in [1.29, 1.82) is 0 Å². The highest BCUT2D eigenvalue weighted by molar-refractivity contribution is 6.36. The van der Waals surface area contributed by atoms with Crippen LogP contribution in [0.3, 0.4) is 0 Å². The maximum atomic E-state index is 10.4. The van der Waals surface area contributed by atoms with Gasteiger partial charge in [-0.25, -0.2) is 4.79 Å². The third kappa shape index (κ3) is 0.883. The van der Waals surface area contributed by atoms with Gasteiger partial charge in [-0.3, -0.25) is 0 Å². The summed E-state index contributed by atoms with van der Waals surface area (Å²) >= 11 is 0. The molecule has 11 heavy (non-hydrogen) atoms. The van der Waals surface area contributed by atoms with E-state index in [1.807, 2.05) is 0 Å². The Balaban J connectivity index is 2.05. The van der Waals surface area contributed by atoms with Gasteiger partial charge >= 0.3 is 5.97 Å². The average molecular weight is 157 g/mol. The molecule has 2 aliphatic heterocycles. The summed E-state index contributed by atoms with van der Waals surface area (Å²) in [6.45, 7) is 0.903. The lowest BCUT2D eigenvalue weighted by atomic mass is 9.96. The third-order valence-corrected chi connectivity index (χ3v) is 1.82. The molecule has 2 heterocycles. The van der Waals surface area contributed by atoms with Crippen molar-refractivity contribution in [3.8, 4) is 0 Å². The fourth-order valence-electron chi connectivity index (χ4n) is 1.12. The SMILES string of the molecule is O=C(O)C1=NOC2(COC2)C1. The molecule has 5 heteroatoms. The third-order valence-electron chi connectivity index (χ3n) is 1.82. The van der Waals surface area contributed by atoms with Crippen molar-refractivity contribution in [2.45, 2.75) is 12.0 Å². The van der Waals surface area contributed by atoms with Crippen molar-refractivity contribution in [3.63, 3.8) is 0 Å². The van der Waals surface area contributed by atoms with E-state index in [-0.39, 0.29) is 5.71 Å². The predicted molar refractivity (Wildman–Crippen MR) is 34.3 cm³/mol. The van der Waals surface area contributed by atoms with Crippen LogP contribution in [0, 0.1) is 0 Å². The molecule has 0 unspecified atom stereocenters. The highest BCUT2D eigenvalue weighted by atomic mass is 16.7. The van der Waals surface area contributed by atoms with Gasteiger partial charge in [0.2, 0.25) is 0 Å². The van der Waals surface area contributed by atoms with Gasteiger partial charge in [-0.15, -0.1) is 0 Å². The molecule has 0 aromatic rings. The topological polar surface area (TPSA) is 68.1 Å². The quantitative estimate of drug-likeness (QED) is 0.563. The maximum Gasteiger partial charge on any atom is 0.353 e. The summed E-state index contributed by atoms with van der Waals surface area (Å²) in [7, 11) is 0. The minimum absolute atomic E-state index is 0.0910. The van der Waals surface area contributed by atoms with Crippen molar-refractivity contribution in [1.82, 2.24) is 0 Å². The number of oxime groups is 1. The maximum absolute atomic E-state index is 10.4. The highest BCUT2D eigenvalue weighted by Crippen LogP contribution is 2.31. The van der Waals surface area contributed by atoms with Gasteiger partial charge in [0, 0.05) is 6.42 Å². The minimum atomic E-state index is -1.01. The van der Waals surface area contributed by atoms with E-state index in [1.165, 1.54) is 0 Å². The first-order chi connectivity index (χ1) is 5.22. The molecular formula is C6H7NO4. The largest absolute Gasteiger partial charge is 0.477 e. The normalized spacial score (nSPS) is 25.6. The standard InChI is InChI=1S/C6H7NO4/c8-5(9)4-1-6(11-7-4)2-10-3-6/h1-3H2,(H,8,9). The predicted octanol–water partition coefficient (Wildman–Crippen LogP) is -0.384. The Morgan fingerprint density at radius 3 is 2.64 bits per heavy atom. The fourth-order valence-corrected chi connectivity index (χ4v) is 1.12. The number of ether oxygens (including phenoxy) is 1. The van der Waals surface area contributed by atoms with Gasteiger partial charge in [0.25, 0.3) is 0 Å². The lowest BCUT2D eigenvalue weighted by Crippen LogP contribution is -2.49. The second-order valence-electron chi connectivity index (χ2n) is 2.79. The van der Waals surface area contributed by atoms with E-state index in [0.29, 0.717) is 19.6 Å². The molecule has 0 saturated carbocycles. The van der Waals surface area contributed by atoms with Crippen LogP contribution in [0.4, 0.5) is 0 Å². The molecule has 1 spiro atoms. The van der Waals surface area contributed by atoms with E-state index in [0.717, 1.165) is 0 Å². The number of carboxylic acids is 1. The molecular weight excluding hydrogens is 150 g/mol. The molecule has 0 amide bonds. The Kier molecular flexibility index (Phi) is 1.17. The summed E-state index contributed by atoms with van der Waals surface area (Å²) in [5.74, 6) is -1.01. The summed E-state index contributed by atoms with van der Waals surface area (Å²) in [5, 5.41) is 12.0. The molecule has 60 valence electrons. The Bertz CT molecular complexity index is 231. The first-order valence-corrected chi connectivity index (χ1v) is 3.28. The van der Waals surface area contributed by atoms with Gasteiger partial charge in [-0.1, -0.05) is 5.16 Å². The molecule has 0 aliphatic carbocycles. The Morgan fingerprint density at radius 2 is 2.36 bits per heavy atom. The average Bonchev–Trinajstić information content (AvgIpc) is 2.28. The van der Waals surface area contributed by atoms with E-state index in [2.05, 4.69) is 5.16 Å². The number of carbonyl (C=O) groups is 1. The first kappa shape index (κ1) is 6.60. The molecule has 1 N–H and O–H groups in total. The molecule has 0 bridgehead atoms. The number of carboxylic acid groups (broad SMARTS) is 1. The number of hydrogen-bond acceptors (Lipinski definition) is 4. The summed E-state index contributed by atoms with van der Waals surface area (Å²) in [5.41, 5.74) is -0.346. The molecule has 1 fully saturated rings. The van der Waals surface area contributed by atoms with Crippen LogP contribution in [0.25, 0.3) is 0 Å². The smallest absolute Gasteiger partial charge is 0.353 e. The van der Waals surface area contributed by atoms with E-state index in [4.69, 9.17) is 14.7 Å².